The normalized spacial score (nSPS) is 19.4. The predicted octanol–water partition coefficient (Wildman–Crippen LogP) is 4.47. The molecule has 1 atom stereocenters. The summed E-state index contributed by atoms with van der Waals surface area (Å²) in [5.74, 6) is -1.54. The van der Waals surface area contributed by atoms with Crippen LogP contribution in [0.25, 0.3) is 5.76 Å². The fourth-order valence-corrected chi connectivity index (χ4v) is 5.01. The molecule has 0 bridgehead atoms. The maximum atomic E-state index is 13.7. The minimum absolute atomic E-state index is 0.0120. The summed E-state index contributed by atoms with van der Waals surface area (Å²) in [6, 6.07) is 19.6. The minimum atomic E-state index is -0.830. The number of halogens is 1. The van der Waals surface area contributed by atoms with Gasteiger partial charge in [0.2, 0.25) is 0 Å². The molecular weight excluding hydrogens is 499 g/mol. The first-order chi connectivity index (χ1) is 18.9. The maximum Gasteiger partial charge on any atom is 0.295 e. The van der Waals surface area contributed by atoms with Crippen LogP contribution in [0.2, 0.25) is 0 Å². The van der Waals surface area contributed by atoms with Crippen molar-refractivity contribution in [2.45, 2.75) is 19.6 Å². The van der Waals surface area contributed by atoms with Crippen molar-refractivity contribution in [3.8, 4) is 5.75 Å². The molecule has 7 nitrogen and oxygen atoms in total. The second-order valence-corrected chi connectivity index (χ2v) is 9.80. The lowest BCUT2D eigenvalue weighted by Crippen LogP contribution is -2.42. The molecule has 2 aliphatic heterocycles. The molecule has 0 saturated carbocycles. The fourth-order valence-electron chi connectivity index (χ4n) is 5.01. The van der Waals surface area contributed by atoms with Crippen LogP contribution in [-0.4, -0.2) is 66.0 Å². The Morgan fingerprint density at radius 1 is 1.00 bits per heavy atom. The van der Waals surface area contributed by atoms with E-state index in [9.17, 15) is 19.1 Å². The summed E-state index contributed by atoms with van der Waals surface area (Å²) in [7, 11) is 0. The van der Waals surface area contributed by atoms with Gasteiger partial charge in [-0.15, -0.1) is 0 Å². The van der Waals surface area contributed by atoms with Gasteiger partial charge in [-0.1, -0.05) is 42.0 Å². The number of Topliss-reactive ketones (excluding diaryl/α,β-unsaturated/α-hetero) is 1. The molecule has 0 unspecified atom stereocenters. The van der Waals surface area contributed by atoms with Crippen LogP contribution in [-0.2, 0) is 20.9 Å². The Bertz CT molecular complexity index is 1360. The summed E-state index contributed by atoms with van der Waals surface area (Å²) >= 11 is 0. The highest BCUT2D eigenvalue weighted by atomic mass is 19.1. The van der Waals surface area contributed by atoms with E-state index >= 15 is 0 Å². The van der Waals surface area contributed by atoms with E-state index in [4.69, 9.17) is 9.47 Å². The highest BCUT2D eigenvalue weighted by Crippen LogP contribution is 2.39. The average Bonchev–Trinajstić information content (AvgIpc) is 3.21. The van der Waals surface area contributed by atoms with E-state index in [1.54, 1.807) is 36.4 Å². The molecule has 2 fully saturated rings. The van der Waals surface area contributed by atoms with Crippen molar-refractivity contribution in [3.63, 3.8) is 0 Å². The number of likely N-dealkylation sites (tertiary alicyclic amines) is 1. The van der Waals surface area contributed by atoms with Gasteiger partial charge in [-0.25, -0.2) is 4.39 Å². The molecule has 5 rings (SSSR count). The SMILES string of the molecule is Cc1cccc(COc2ccc(/C(O)=C3\C(=O)C(=O)N(CCN4CCOCC4)[C@H]3c3ccc(F)cc3)cc2)c1. The first-order valence-electron chi connectivity index (χ1n) is 13.0. The number of nitrogens with zero attached hydrogens (tertiary/aromatic N) is 2. The second-order valence-electron chi connectivity index (χ2n) is 9.80. The number of aliphatic hydroxyl groups is 1. The third kappa shape index (κ3) is 6.02. The first-order valence-corrected chi connectivity index (χ1v) is 13.0. The number of ketones is 1. The van der Waals surface area contributed by atoms with E-state index in [1.807, 2.05) is 31.2 Å². The Labute approximate surface area is 227 Å². The monoisotopic (exact) mass is 530 g/mol. The van der Waals surface area contributed by atoms with Crippen molar-refractivity contribution in [2.24, 2.45) is 0 Å². The molecule has 1 N–H and O–H groups in total. The molecule has 202 valence electrons. The van der Waals surface area contributed by atoms with E-state index in [2.05, 4.69) is 4.90 Å². The number of amides is 1. The van der Waals surface area contributed by atoms with Crippen LogP contribution in [0.4, 0.5) is 4.39 Å². The third-order valence-corrected chi connectivity index (χ3v) is 7.10. The van der Waals surface area contributed by atoms with Crippen molar-refractivity contribution in [1.29, 1.82) is 0 Å². The molecular formula is C31H31FN2O5. The maximum absolute atomic E-state index is 13.7. The molecule has 0 aromatic heterocycles. The van der Waals surface area contributed by atoms with Crippen LogP contribution < -0.4 is 4.74 Å². The molecule has 3 aromatic rings. The van der Waals surface area contributed by atoms with Crippen molar-refractivity contribution >= 4 is 17.4 Å². The Morgan fingerprint density at radius 2 is 1.72 bits per heavy atom. The van der Waals surface area contributed by atoms with Gasteiger partial charge in [-0.2, -0.15) is 0 Å². The van der Waals surface area contributed by atoms with E-state index < -0.39 is 23.5 Å². The largest absolute Gasteiger partial charge is 0.507 e. The van der Waals surface area contributed by atoms with E-state index in [-0.39, 0.29) is 17.9 Å². The molecule has 0 aliphatic carbocycles. The van der Waals surface area contributed by atoms with Gasteiger partial charge in [0, 0.05) is 31.7 Å². The van der Waals surface area contributed by atoms with Gasteiger partial charge in [0.25, 0.3) is 11.7 Å². The average molecular weight is 531 g/mol. The molecule has 0 spiro atoms. The second kappa shape index (κ2) is 11.8. The van der Waals surface area contributed by atoms with Gasteiger partial charge in [0.05, 0.1) is 24.8 Å². The minimum Gasteiger partial charge on any atom is -0.507 e. The summed E-state index contributed by atoms with van der Waals surface area (Å²) in [6.07, 6.45) is 0. The Balaban J connectivity index is 1.41. The zero-order valence-electron chi connectivity index (χ0n) is 21.8. The third-order valence-electron chi connectivity index (χ3n) is 7.10. The fraction of sp³-hybridized carbons (Fsp3) is 0.290. The summed E-state index contributed by atoms with van der Waals surface area (Å²) in [4.78, 5) is 30.0. The molecule has 2 saturated heterocycles. The van der Waals surface area contributed by atoms with Gasteiger partial charge in [0.1, 0.15) is 23.9 Å². The summed E-state index contributed by atoms with van der Waals surface area (Å²) in [5.41, 5.74) is 3.11. The molecule has 39 heavy (non-hydrogen) atoms. The van der Waals surface area contributed by atoms with Crippen molar-refractivity contribution in [1.82, 2.24) is 9.80 Å². The molecule has 0 radical (unpaired) electrons. The molecule has 3 aromatic carbocycles. The Hall–Kier alpha value is -4.01. The van der Waals surface area contributed by atoms with E-state index in [1.165, 1.54) is 17.0 Å². The summed E-state index contributed by atoms with van der Waals surface area (Å²) < 4.78 is 25.0. The standard InChI is InChI=1S/C31H31FN2O5/c1-21-3-2-4-22(19-21)20-39-26-11-7-24(8-12-26)29(35)27-28(23-5-9-25(32)10-6-23)34(31(37)30(27)36)14-13-33-15-17-38-18-16-33/h2-12,19,28,35H,13-18,20H2,1H3/b29-27+/t28-/m0/s1. The zero-order chi connectivity index (χ0) is 27.4. The molecule has 2 heterocycles. The number of morpholine rings is 1. The summed E-state index contributed by atoms with van der Waals surface area (Å²) in [5, 5.41) is 11.3. The predicted molar refractivity (Wildman–Crippen MR) is 145 cm³/mol. The van der Waals surface area contributed by atoms with E-state index in [0.717, 1.165) is 24.2 Å². The van der Waals surface area contributed by atoms with Gasteiger partial charge < -0.3 is 19.5 Å². The highest BCUT2D eigenvalue weighted by molar-refractivity contribution is 6.46. The number of rotatable bonds is 8. The topological polar surface area (TPSA) is 79.3 Å². The van der Waals surface area contributed by atoms with Crippen LogP contribution in [0.1, 0.15) is 28.3 Å². The lowest BCUT2D eigenvalue weighted by atomic mass is 9.95. The number of aliphatic hydroxyl groups excluding tert-OH is 1. The first kappa shape index (κ1) is 26.6. The Morgan fingerprint density at radius 3 is 2.41 bits per heavy atom. The number of hydrogen-bond donors (Lipinski definition) is 1. The van der Waals surface area contributed by atoms with Crippen molar-refractivity contribution in [2.75, 3.05) is 39.4 Å². The highest BCUT2D eigenvalue weighted by Gasteiger charge is 2.46. The lowest BCUT2D eigenvalue weighted by molar-refractivity contribution is -0.140. The number of hydrogen-bond acceptors (Lipinski definition) is 6. The van der Waals surface area contributed by atoms with Gasteiger partial charge in [-0.3, -0.25) is 14.5 Å². The van der Waals surface area contributed by atoms with Crippen LogP contribution in [0, 0.1) is 12.7 Å². The number of carbonyl (C=O) groups excluding carboxylic acids is 2. The summed E-state index contributed by atoms with van der Waals surface area (Å²) in [6.45, 7) is 5.97. The van der Waals surface area contributed by atoms with Crippen LogP contribution in [0.15, 0.2) is 78.4 Å². The Kier molecular flexibility index (Phi) is 8.05. The van der Waals surface area contributed by atoms with Crippen molar-refractivity contribution in [3.05, 3.63) is 106 Å². The lowest BCUT2D eigenvalue weighted by Gasteiger charge is -2.31. The molecule has 1 amide bonds. The van der Waals surface area contributed by atoms with Gasteiger partial charge in [0.15, 0.2) is 0 Å². The smallest absolute Gasteiger partial charge is 0.295 e. The van der Waals surface area contributed by atoms with Gasteiger partial charge >= 0.3 is 0 Å². The quantitative estimate of drug-likeness (QED) is 0.263. The molecule has 2 aliphatic rings. The molecule has 8 heteroatoms. The van der Waals surface area contributed by atoms with Crippen LogP contribution in [0.5, 0.6) is 5.75 Å². The number of carbonyl (C=O) groups is 2. The van der Waals surface area contributed by atoms with Crippen molar-refractivity contribution < 1.29 is 28.6 Å². The van der Waals surface area contributed by atoms with Gasteiger partial charge in [-0.05, 0) is 54.4 Å². The number of ether oxygens (including phenoxy) is 2. The number of benzene rings is 3. The van der Waals surface area contributed by atoms with Crippen LogP contribution in [0.3, 0.4) is 0 Å². The number of aryl methyl sites for hydroxylation is 1. The zero-order valence-corrected chi connectivity index (χ0v) is 21.8. The van der Waals surface area contributed by atoms with Crippen LogP contribution >= 0.6 is 0 Å². The van der Waals surface area contributed by atoms with E-state index in [0.29, 0.717) is 43.2 Å².